The molecule has 0 spiro atoms. The van der Waals surface area contributed by atoms with Crippen molar-refractivity contribution in [2.45, 2.75) is 12.2 Å². The van der Waals surface area contributed by atoms with E-state index in [0.717, 1.165) is 33.6 Å². The fourth-order valence-corrected chi connectivity index (χ4v) is 6.85. The smallest absolute Gasteiger partial charge is 0.242 e. The van der Waals surface area contributed by atoms with E-state index >= 15 is 0 Å². The van der Waals surface area contributed by atoms with Crippen LogP contribution in [-0.4, -0.2) is 79.3 Å². The first-order valence-corrected chi connectivity index (χ1v) is 15.3. The Kier molecular flexibility index (Phi) is 8.40. The molecule has 1 atom stereocenters. The van der Waals surface area contributed by atoms with Crippen LogP contribution in [0.5, 0.6) is 11.5 Å². The van der Waals surface area contributed by atoms with Crippen LogP contribution in [0.4, 0.5) is 5.82 Å². The number of aromatic nitrogens is 2. The average Bonchev–Trinajstić information content (AvgIpc) is 3.37. The SMILES string of the molecule is COc1ccc(OC)c(C2SCC(=O)N(CC(=O)N3CCOCC3)c3c2c(-c2ccccc2)nn3-c2ccccc2C)c1. The highest BCUT2D eigenvalue weighted by Crippen LogP contribution is 2.51. The Morgan fingerprint density at radius 2 is 1.74 bits per heavy atom. The normalized spacial score (nSPS) is 16.9. The Balaban J connectivity index is 1.63. The lowest BCUT2D eigenvalue weighted by Gasteiger charge is -2.30. The number of hydrogen-bond acceptors (Lipinski definition) is 7. The predicted octanol–water partition coefficient (Wildman–Crippen LogP) is 4.89. The molecule has 0 bridgehead atoms. The number of benzene rings is 3. The minimum absolute atomic E-state index is 0.0971. The van der Waals surface area contributed by atoms with Gasteiger partial charge in [-0.25, -0.2) is 4.68 Å². The number of ether oxygens (including phenoxy) is 3. The molecule has 2 amide bonds. The summed E-state index contributed by atoms with van der Waals surface area (Å²) < 4.78 is 18.8. The van der Waals surface area contributed by atoms with Crippen LogP contribution in [0.3, 0.4) is 0 Å². The van der Waals surface area contributed by atoms with Gasteiger partial charge in [-0.3, -0.25) is 14.5 Å². The summed E-state index contributed by atoms with van der Waals surface area (Å²) in [5.41, 5.74) is 5.18. The number of carbonyl (C=O) groups excluding carboxylic acids is 2. The van der Waals surface area contributed by atoms with Crippen molar-refractivity contribution in [1.82, 2.24) is 14.7 Å². The van der Waals surface area contributed by atoms with Gasteiger partial charge in [0.2, 0.25) is 11.8 Å². The highest BCUT2D eigenvalue weighted by Gasteiger charge is 2.39. The second-order valence-corrected chi connectivity index (χ2v) is 11.5. The molecular formula is C33H34N4O5S. The zero-order valence-corrected chi connectivity index (χ0v) is 25.3. The van der Waals surface area contributed by atoms with E-state index in [2.05, 4.69) is 0 Å². The number of aryl methyl sites for hydroxylation is 1. The van der Waals surface area contributed by atoms with Crippen LogP contribution in [0, 0.1) is 6.92 Å². The maximum atomic E-state index is 14.1. The number of hydrogen-bond donors (Lipinski definition) is 0. The third kappa shape index (κ3) is 5.60. The van der Waals surface area contributed by atoms with Gasteiger partial charge in [0.1, 0.15) is 23.9 Å². The van der Waals surface area contributed by atoms with Crippen molar-refractivity contribution in [3.63, 3.8) is 0 Å². The van der Waals surface area contributed by atoms with Crippen LogP contribution in [-0.2, 0) is 14.3 Å². The molecular weight excluding hydrogens is 564 g/mol. The van der Waals surface area contributed by atoms with Gasteiger partial charge in [-0.1, -0.05) is 48.5 Å². The van der Waals surface area contributed by atoms with Crippen LogP contribution in [0.25, 0.3) is 16.9 Å². The highest BCUT2D eigenvalue weighted by molar-refractivity contribution is 8.00. The van der Waals surface area contributed by atoms with Crippen LogP contribution in [0.2, 0.25) is 0 Å². The van der Waals surface area contributed by atoms with Gasteiger partial charge in [-0.05, 0) is 36.8 Å². The van der Waals surface area contributed by atoms with Crippen molar-refractivity contribution in [3.05, 3.63) is 89.5 Å². The maximum absolute atomic E-state index is 14.1. The fourth-order valence-electron chi connectivity index (χ4n) is 5.64. The first-order valence-electron chi connectivity index (χ1n) is 14.2. The first-order chi connectivity index (χ1) is 21.0. The fraction of sp³-hybridized carbons (Fsp3) is 0.303. The molecule has 1 fully saturated rings. The standard InChI is InChI=1S/C33H34N4O5S/c1-22-9-7-8-12-26(22)37-33-30(31(34-37)23-10-5-4-6-11-23)32(25-19-24(40-2)13-14-27(25)41-3)43-21-29(39)36(33)20-28(38)35-15-17-42-18-16-35/h4-14,19,32H,15-18,20-21H2,1-3H3. The molecule has 10 heteroatoms. The van der Waals surface area contributed by atoms with Gasteiger partial charge in [0.15, 0.2) is 0 Å². The van der Waals surface area contributed by atoms with E-state index in [0.29, 0.717) is 43.6 Å². The van der Waals surface area contributed by atoms with Crippen molar-refractivity contribution in [3.8, 4) is 28.4 Å². The number of methoxy groups -OCH3 is 2. The van der Waals surface area contributed by atoms with Crippen molar-refractivity contribution >= 4 is 29.4 Å². The molecule has 222 valence electrons. The predicted molar refractivity (Wildman–Crippen MR) is 167 cm³/mol. The van der Waals surface area contributed by atoms with Crippen LogP contribution in [0.15, 0.2) is 72.8 Å². The quantitative estimate of drug-likeness (QED) is 0.299. The molecule has 0 radical (unpaired) electrons. The van der Waals surface area contributed by atoms with Crippen LogP contribution in [0.1, 0.15) is 21.9 Å². The lowest BCUT2D eigenvalue weighted by Crippen LogP contribution is -2.48. The number of rotatable bonds is 7. The Hall–Kier alpha value is -4.28. The van der Waals surface area contributed by atoms with Gasteiger partial charge >= 0.3 is 0 Å². The molecule has 0 saturated carbocycles. The van der Waals surface area contributed by atoms with E-state index in [1.165, 1.54) is 11.8 Å². The molecule has 9 nitrogen and oxygen atoms in total. The van der Waals surface area contributed by atoms with Gasteiger partial charge in [0.05, 0.1) is 49.8 Å². The van der Waals surface area contributed by atoms with E-state index in [1.807, 2.05) is 84.4 Å². The Morgan fingerprint density at radius 3 is 2.47 bits per heavy atom. The molecule has 4 aromatic rings. The molecule has 6 rings (SSSR count). The second kappa shape index (κ2) is 12.5. The zero-order chi connectivity index (χ0) is 29.9. The van der Waals surface area contributed by atoms with Crippen LogP contribution < -0.4 is 14.4 Å². The summed E-state index contributed by atoms with van der Waals surface area (Å²) in [6, 6.07) is 23.6. The molecule has 0 aliphatic carbocycles. The number of morpholine rings is 1. The maximum Gasteiger partial charge on any atom is 0.242 e. The van der Waals surface area contributed by atoms with Gasteiger partial charge in [-0.2, -0.15) is 5.10 Å². The van der Waals surface area contributed by atoms with E-state index in [9.17, 15) is 9.59 Å². The number of para-hydroxylation sites is 1. The third-order valence-corrected chi connectivity index (χ3v) is 9.09. The number of anilines is 1. The summed E-state index contributed by atoms with van der Waals surface area (Å²) in [6.45, 7) is 3.89. The monoisotopic (exact) mass is 598 g/mol. The summed E-state index contributed by atoms with van der Waals surface area (Å²) in [4.78, 5) is 31.1. The largest absolute Gasteiger partial charge is 0.497 e. The number of amides is 2. The minimum Gasteiger partial charge on any atom is -0.497 e. The number of carbonyl (C=O) groups is 2. The van der Waals surface area contributed by atoms with E-state index < -0.39 is 0 Å². The Bertz CT molecular complexity index is 1630. The molecule has 3 aromatic carbocycles. The molecule has 2 aliphatic rings. The summed E-state index contributed by atoms with van der Waals surface area (Å²) in [7, 11) is 3.27. The van der Waals surface area contributed by atoms with Crippen molar-refractivity contribution in [2.75, 3.05) is 57.7 Å². The number of fused-ring (bicyclic) bond motifs is 1. The van der Waals surface area contributed by atoms with Crippen molar-refractivity contribution < 1.29 is 23.8 Å². The number of thioether (sulfide) groups is 1. The molecule has 3 heterocycles. The van der Waals surface area contributed by atoms with Gasteiger partial charge in [0.25, 0.3) is 0 Å². The topological polar surface area (TPSA) is 86.1 Å². The lowest BCUT2D eigenvalue weighted by atomic mass is 9.98. The van der Waals surface area contributed by atoms with E-state index in [-0.39, 0.29) is 29.4 Å². The Morgan fingerprint density at radius 1 is 1.00 bits per heavy atom. The van der Waals surface area contributed by atoms with Gasteiger partial charge in [-0.15, -0.1) is 11.8 Å². The van der Waals surface area contributed by atoms with Gasteiger partial charge in [0, 0.05) is 29.8 Å². The average molecular weight is 599 g/mol. The van der Waals surface area contributed by atoms with Crippen molar-refractivity contribution in [1.29, 1.82) is 0 Å². The lowest BCUT2D eigenvalue weighted by molar-refractivity contribution is -0.134. The number of nitrogens with zero attached hydrogens (tertiary/aromatic N) is 4. The molecule has 43 heavy (non-hydrogen) atoms. The summed E-state index contributed by atoms with van der Waals surface area (Å²) in [5, 5.41) is 4.86. The molecule has 1 saturated heterocycles. The second-order valence-electron chi connectivity index (χ2n) is 10.4. The van der Waals surface area contributed by atoms with Gasteiger partial charge < -0.3 is 19.1 Å². The van der Waals surface area contributed by atoms with E-state index in [1.54, 1.807) is 24.0 Å². The molecule has 1 aromatic heterocycles. The summed E-state index contributed by atoms with van der Waals surface area (Å²) in [6.07, 6.45) is 0. The molecule has 0 N–H and O–H groups in total. The van der Waals surface area contributed by atoms with Crippen LogP contribution >= 0.6 is 11.8 Å². The summed E-state index contributed by atoms with van der Waals surface area (Å²) in [5.74, 6) is 1.82. The first kappa shape index (κ1) is 28.8. The third-order valence-electron chi connectivity index (χ3n) is 7.86. The molecule has 2 aliphatic heterocycles. The summed E-state index contributed by atoms with van der Waals surface area (Å²) >= 11 is 1.50. The minimum atomic E-state index is -0.347. The van der Waals surface area contributed by atoms with Crippen molar-refractivity contribution in [2.24, 2.45) is 0 Å². The van der Waals surface area contributed by atoms with E-state index in [4.69, 9.17) is 19.3 Å². The zero-order valence-electron chi connectivity index (χ0n) is 24.5. The Labute approximate surface area is 255 Å². The molecule has 1 unspecified atom stereocenters. The highest BCUT2D eigenvalue weighted by atomic mass is 32.2.